The van der Waals surface area contributed by atoms with Crippen LogP contribution in [0.3, 0.4) is 0 Å². The monoisotopic (exact) mass is 211 g/mol. The van der Waals surface area contributed by atoms with Gasteiger partial charge in [0.2, 0.25) is 0 Å². The molecule has 2 heteroatoms. The molecule has 1 aromatic carbocycles. The number of hydrogen-bond donors (Lipinski definition) is 1. The Balaban J connectivity index is 2.90. The van der Waals surface area contributed by atoms with Gasteiger partial charge in [-0.3, -0.25) is 0 Å². The molecule has 14 heavy (non-hydrogen) atoms. The molecule has 0 bridgehead atoms. The lowest BCUT2D eigenvalue weighted by Gasteiger charge is -2.11. The topological polar surface area (TPSA) is 12.0 Å². The molecular weight excluding hydrogens is 194 g/mol. The first-order valence-electron chi connectivity index (χ1n) is 5.05. The van der Waals surface area contributed by atoms with Crippen molar-refractivity contribution in [1.29, 1.82) is 0 Å². The van der Waals surface area contributed by atoms with Gasteiger partial charge in [0.15, 0.2) is 0 Å². The van der Waals surface area contributed by atoms with E-state index in [9.17, 15) is 0 Å². The highest BCUT2D eigenvalue weighted by Gasteiger charge is 2.04. The molecule has 0 radical (unpaired) electrons. The van der Waals surface area contributed by atoms with E-state index in [0.29, 0.717) is 5.92 Å². The Hall–Kier alpha value is -0.530. The van der Waals surface area contributed by atoms with E-state index >= 15 is 0 Å². The van der Waals surface area contributed by atoms with Gasteiger partial charge in [-0.2, -0.15) is 0 Å². The van der Waals surface area contributed by atoms with Crippen LogP contribution in [0.5, 0.6) is 0 Å². The number of hydrogen-bond acceptors (Lipinski definition) is 1. The first-order chi connectivity index (χ1) is 6.63. The van der Waals surface area contributed by atoms with Crippen molar-refractivity contribution in [3.05, 3.63) is 34.3 Å². The second kappa shape index (κ2) is 5.38. The van der Waals surface area contributed by atoms with Crippen molar-refractivity contribution < 1.29 is 0 Å². The Bertz CT molecular complexity index is 294. The fourth-order valence-electron chi connectivity index (χ4n) is 1.59. The third-order valence-electron chi connectivity index (χ3n) is 2.16. The van der Waals surface area contributed by atoms with E-state index in [1.165, 1.54) is 11.1 Å². The minimum Gasteiger partial charge on any atom is -0.316 e. The molecule has 0 heterocycles. The van der Waals surface area contributed by atoms with Crippen LogP contribution in [0, 0.1) is 5.92 Å². The first kappa shape index (κ1) is 11.5. The van der Waals surface area contributed by atoms with Crippen molar-refractivity contribution in [2.75, 3.05) is 7.05 Å². The molecule has 0 amide bonds. The largest absolute Gasteiger partial charge is 0.316 e. The van der Waals surface area contributed by atoms with Crippen LogP contribution in [0.1, 0.15) is 25.0 Å². The van der Waals surface area contributed by atoms with Crippen molar-refractivity contribution >= 4 is 11.6 Å². The molecule has 0 atom stereocenters. The summed E-state index contributed by atoms with van der Waals surface area (Å²) in [5, 5.41) is 4.01. The summed E-state index contributed by atoms with van der Waals surface area (Å²) in [5.74, 6) is 0.670. The van der Waals surface area contributed by atoms with Crippen LogP contribution in [0.2, 0.25) is 5.02 Å². The fourth-order valence-corrected chi connectivity index (χ4v) is 1.78. The third-order valence-corrected chi connectivity index (χ3v) is 2.40. The van der Waals surface area contributed by atoms with Crippen molar-refractivity contribution in [2.45, 2.75) is 26.8 Å². The summed E-state index contributed by atoms with van der Waals surface area (Å²) in [6.45, 7) is 5.37. The molecule has 1 rings (SSSR count). The second-order valence-electron chi connectivity index (χ2n) is 4.04. The predicted octanol–water partition coefficient (Wildman–Crippen LogP) is 3.26. The van der Waals surface area contributed by atoms with Gasteiger partial charge < -0.3 is 5.32 Å². The standard InChI is InChI=1S/C12H18ClN/c1-9(2)6-11-7-12(13)5-4-10(11)8-14-3/h4-5,7,9,14H,6,8H2,1-3H3. The van der Waals surface area contributed by atoms with E-state index in [2.05, 4.69) is 31.3 Å². The molecule has 0 saturated carbocycles. The summed E-state index contributed by atoms with van der Waals surface area (Å²) in [4.78, 5) is 0. The Morgan fingerprint density at radius 2 is 2.00 bits per heavy atom. The van der Waals surface area contributed by atoms with Gasteiger partial charge in [0.05, 0.1) is 0 Å². The average molecular weight is 212 g/mol. The van der Waals surface area contributed by atoms with E-state index in [1.807, 2.05) is 13.1 Å². The van der Waals surface area contributed by atoms with Crippen molar-refractivity contribution in [3.8, 4) is 0 Å². The smallest absolute Gasteiger partial charge is 0.0408 e. The molecule has 0 aliphatic heterocycles. The van der Waals surface area contributed by atoms with Crippen LogP contribution >= 0.6 is 11.6 Å². The van der Waals surface area contributed by atoms with Gasteiger partial charge in [-0.1, -0.05) is 31.5 Å². The SMILES string of the molecule is CNCc1ccc(Cl)cc1CC(C)C. The van der Waals surface area contributed by atoms with E-state index in [0.717, 1.165) is 18.0 Å². The summed E-state index contributed by atoms with van der Waals surface area (Å²) in [6, 6.07) is 6.14. The maximum absolute atomic E-state index is 5.98. The highest BCUT2D eigenvalue weighted by atomic mass is 35.5. The quantitative estimate of drug-likeness (QED) is 0.806. The summed E-state index contributed by atoms with van der Waals surface area (Å²) in [7, 11) is 1.97. The van der Waals surface area contributed by atoms with E-state index < -0.39 is 0 Å². The zero-order valence-electron chi connectivity index (χ0n) is 9.10. The van der Waals surface area contributed by atoms with Crippen LogP contribution < -0.4 is 5.32 Å². The summed E-state index contributed by atoms with van der Waals surface area (Å²) >= 11 is 5.98. The van der Waals surface area contributed by atoms with Crippen molar-refractivity contribution in [1.82, 2.24) is 5.32 Å². The Morgan fingerprint density at radius 3 is 2.57 bits per heavy atom. The third kappa shape index (κ3) is 3.32. The lowest BCUT2D eigenvalue weighted by Crippen LogP contribution is -2.09. The summed E-state index contributed by atoms with van der Waals surface area (Å²) in [5.41, 5.74) is 2.72. The highest BCUT2D eigenvalue weighted by Crippen LogP contribution is 2.19. The van der Waals surface area contributed by atoms with Crippen LogP contribution in [-0.2, 0) is 13.0 Å². The van der Waals surface area contributed by atoms with Gasteiger partial charge in [-0.25, -0.2) is 0 Å². The van der Waals surface area contributed by atoms with E-state index in [4.69, 9.17) is 11.6 Å². The number of rotatable bonds is 4. The van der Waals surface area contributed by atoms with Crippen LogP contribution in [-0.4, -0.2) is 7.05 Å². The molecule has 0 aliphatic carbocycles. The van der Waals surface area contributed by atoms with Gasteiger partial charge in [0, 0.05) is 11.6 Å². The number of halogens is 1. The first-order valence-corrected chi connectivity index (χ1v) is 5.43. The molecule has 1 aromatic rings. The van der Waals surface area contributed by atoms with Gasteiger partial charge in [0.1, 0.15) is 0 Å². The van der Waals surface area contributed by atoms with Gasteiger partial charge in [-0.05, 0) is 42.6 Å². The highest BCUT2D eigenvalue weighted by molar-refractivity contribution is 6.30. The summed E-state index contributed by atoms with van der Waals surface area (Å²) < 4.78 is 0. The zero-order valence-corrected chi connectivity index (χ0v) is 9.86. The van der Waals surface area contributed by atoms with Crippen LogP contribution in [0.15, 0.2) is 18.2 Å². The van der Waals surface area contributed by atoms with E-state index in [1.54, 1.807) is 0 Å². The number of nitrogens with one attached hydrogen (secondary N) is 1. The maximum atomic E-state index is 5.98. The average Bonchev–Trinajstić information content (AvgIpc) is 2.09. The molecule has 0 aliphatic rings. The minimum absolute atomic E-state index is 0.670. The molecule has 0 fully saturated rings. The van der Waals surface area contributed by atoms with Crippen LogP contribution in [0.4, 0.5) is 0 Å². The molecule has 0 spiro atoms. The Kier molecular flexibility index (Phi) is 4.43. The second-order valence-corrected chi connectivity index (χ2v) is 4.48. The normalized spacial score (nSPS) is 10.9. The van der Waals surface area contributed by atoms with Gasteiger partial charge in [0.25, 0.3) is 0 Å². The lowest BCUT2D eigenvalue weighted by atomic mass is 9.98. The summed E-state index contributed by atoms with van der Waals surface area (Å²) in [6.07, 6.45) is 1.09. The molecule has 78 valence electrons. The molecule has 0 unspecified atom stereocenters. The predicted molar refractivity (Wildman–Crippen MR) is 62.8 cm³/mol. The number of benzene rings is 1. The Morgan fingerprint density at radius 1 is 1.29 bits per heavy atom. The molecular formula is C12H18ClN. The molecule has 1 nitrogen and oxygen atoms in total. The fraction of sp³-hybridized carbons (Fsp3) is 0.500. The van der Waals surface area contributed by atoms with E-state index in [-0.39, 0.29) is 0 Å². The zero-order chi connectivity index (χ0) is 10.6. The van der Waals surface area contributed by atoms with Gasteiger partial charge in [-0.15, -0.1) is 0 Å². The maximum Gasteiger partial charge on any atom is 0.0408 e. The van der Waals surface area contributed by atoms with Crippen molar-refractivity contribution in [3.63, 3.8) is 0 Å². The van der Waals surface area contributed by atoms with Crippen LogP contribution in [0.25, 0.3) is 0 Å². The lowest BCUT2D eigenvalue weighted by molar-refractivity contribution is 0.639. The molecule has 0 aromatic heterocycles. The Labute approximate surface area is 91.5 Å². The van der Waals surface area contributed by atoms with Gasteiger partial charge >= 0.3 is 0 Å². The van der Waals surface area contributed by atoms with Crippen molar-refractivity contribution in [2.24, 2.45) is 5.92 Å². The minimum atomic E-state index is 0.670. The molecule has 0 saturated heterocycles. The molecule has 1 N–H and O–H groups in total.